The van der Waals surface area contributed by atoms with E-state index >= 15 is 0 Å². The third-order valence-electron chi connectivity index (χ3n) is 4.39. The summed E-state index contributed by atoms with van der Waals surface area (Å²) in [6.45, 7) is 4.48. The Bertz CT molecular complexity index is 688. The van der Waals surface area contributed by atoms with Gasteiger partial charge in [0.05, 0.1) is 6.33 Å². The van der Waals surface area contributed by atoms with Crippen LogP contribution in [-0.2, 0) is 11.3 Å². The zero-order valence-electron chi connectivity index (χ0n) is 13.8. The fraction of sp³-hybridized carbons (Fsp3) is 0.444. The average molecular weight is 348 g/mol. The lowest BCUT2D eigenvalue weighted by atomic mass is 9.98. The predicted molar refractivity (Wildman–Crippen MR) is 93.2 cm³/mol. The highest BCUT2D eigenvalue weighted by Gasteiger charge is 2.24. The van der Waals surface area contributed by atoms with Crippen molar-refractivity contribution in [2.45, 2.75) is 26.3 Å². The van der Waals surface area contributed by atoms with Gasteiger partial charge in [0.1, 0.15) is 5.75 Å². The third kappa shape index (κ3) is 4.29. The maximum absolute atomic E-state index is 12.5. The van der Waals surface area contributed by atoms with Crippen LogP contribution in [0.4, 0.5) is 0 Å². The average Bonchev–Trinajstić information content (AvgIpc) is 3.07. The summed E-state index contributed by atoms with van der Waals surface area (Å²) in [7, 11) is 0. The normalized spacial score (nSPS) is 17.8. The summed E-state index contributed by atoms with van der Waals surface area (Å²) in [5, 5.41) is 0.671. The summed E-state index contributed by atoms with van der Waals surface area (Å²) in [5.41, 5.74) is 0.937. The number of halogens is 1. The fourth-order valence-corrected chi connectivity index (χ4v) is 3.37. The topological polar surface area (TPSA) is 47.4 Å². The number of carbonyl (C=O) groups is 1. The van der Waals surface area contributed by atoms with Crippen molar-refractivity contribution in [2.75, 3.05) is 19.7 Å². The summed E-state index contributed by atoms with van der Waals surface area (Å²) in [6, 6.07) is 5.42. The van der Waals surface area contributed by atoms with E-state index < -0.39 is 0 Å². The zero-order chi connectivity index (χ0) is 16.9. The second-order valence-electron chi connectivity index (χ2n) is 6.31. The van der Waals surface area contributed by atoms with Crippen molar-refractivity contribution in [2.24, 2.45) is 5.92 Å². The molecule has 1 saturated heterocycles. The van der Waals surface area contributed by atoms with E-state index in [1.807, 2.05) is 36.5 Å². The lowest BCUT2D eigenvalue weighted by Gasteiger charge is -2.33. The maximum Gasteiger partial charge on any atom is 0.260 e. The van der Waals surface area contributed by atoms with Crippen LogP contribution < -0.4 is 4.74 Å². The van der Waals surface area contributed by atoms with Crippen LogP contribution >= 0.6 is 11.6 Å². The van der Waals surface area contributed by atoms with E-state index in [-0.39, 0.29) is 12.5 Å². The molecule has 1 aliphatic rings. The second kappa shape index (κ2) is 7.71. The van der Waals surface area contributed by atoms with Gasteiger partial charge in [-0.3, -0.25) is 4.79 Å². The van der Waals surface area contributed by atoms with Crippen molar-refractivity contribution in [3.05, 3.63) is 47.5 Å². The van der Waals surface area contributed by atoms with Crippen molar-refractivity contribution in [3.8, 4) is 5.75 Å². The van der Waals surface area contributed by atoms with Gasteiger partial charge >= 0.3 is 0 Å². The minimum Gasteiger partial charge on any atom is -0.483 e. The molecule has 0 aliphatic carbocycles. The number of aromatic nitrogens is 2. The van der Waals surface area contributed by atoms with Crippen LogP contribution in [0.1, 0.15) is 18.4 Å². The Balaban J connectivity index is 1.52. The van der Waals surface area contributed by atoms with Gasteiger partial charge in [0.2, 0.25) is 0 Å². The Morgan fingerprint density at radius 1 is 1.46 bits per heavy atom. The molecule has 1 aromatic carbocycles. The van der Waals surface area contributed by atoms with Crippen LogP contribution in [0.15, 0.2) is 36.9 Å². The number of ether oxygens (including phenoxy) is 1. The highest BCUT2D eigenvalue weighted by molar-refractivity contribution is 6.30. The molecule has 1 unspecified atom stereocenters. The lowest BCUT2D eigenvalue weighted by molar-refractivity contribution is -0.135. The molecule has 128 valence electrons. The first-order chi connectivity index (χ1) is 11.6. The summed E-state index contributed by atoms with van der Waals surface area (Å²) < 4.78 is 7.76. The van der Waals surface area contributed by atoms with E-state index in [1.165, 1.54) is 0 Å². The van der Waals surface area contributed by atoms with E-state index in [9.17, 15) is 4.79 Å². The molecular formula is C18H22ClN3O2. The van der Waals surface area contributed by atoms with Crippen LogP contribution in [0.5, 0.6) is 5.75 Å². The molecule has 0 bridgehead atoms. The number of imidazole rings is 1. The molecule has 2 aromatic rings. The molecule has 3 rings (SSSR count). The van der Waals surface area contributed by atoms with Crippen LogP contribution in [0, 0.1) is 12.8 Å². The molecule has 1 atom stereocenters. The summed E-state index contributed by atoms with van der Waals surface area (Å²) in [4.78, 5) is 18.4. The number of benzene rings is 1. The van der Waals surface area contributed by atoms with E-state index in [0.717, 1.165) is 38.0 Å². The van der Waals surface area contributed by atoms with E-state index in [0.29, 0.717) is 16.7 Å². The minimum atomic E-state index is 0.0414. The molecule has 24 heavy (non-hydrogen) atoms. The van der Waals surface area contributed by atoms with Crippen molar-refractivity contribution in [1.82, 2.24) is 14.5 Å². The standard InChI is InChI=1S/C18H22ClN3O2/c1-14-9-16(19)4-5-17(14)24-12-18(23)22-7-2-3-15(11-22)10-21-8-6-20-13-21/h4-6,8-9,13,15H,2-3,7,10-12H2,1H3. The highest BCUT2D eigenvalue weighted by Crippen LogP contribution is 2.22. The number of aryl methyl sites for hydroxylation is 1. The summed E-state index contributed by atoms with van der Waals surface area (Å²) in [6.07, 6.45) is 7.75. The predicted octanol–water partition coefficient (Wildman–Crippen LogP) is 3.16. The number of carbonyl (C=O) groups excluding carboxylic acids is 1. The van der Waals surface area contributed by atoms with E-state index in [1.54, 1.807) is 12.3 Å². The van der Waals surface area contributed by atoms with Crippen molar-refractivity contribution < 1.29 is 9.53 Å². The van der Waals surface area contributed by atoms with Crippen LogP contribution in [0.3, 0.4) is 0 Å². The number of likely N-dealkylation sites (tertiary alicyclic amines) is 1. The molecule has 1 aromatic heterocycles. The number of amides is 1. The van der Waals surface area contributed by atoms with Gasteiger partial charge in [-0.05, 0) is 49.4 Å². The number of hydrogen-bond acceptors (Lipinski definition) is 3. The Kier molecular flexibility index (Phi) is 5.41. The molecular weight excluding hydrogens is 326 g/mol. The molecule has 1 amide bonds. The van der Waals surface area contributed by atoms with E-state index in [2.05, 4.69) is 9.55 Å². The summed E-state index contributed by atoms with van der Waals surface area (Å²) in [5.74, 6) is 1.22. The van der Waals surface area contributed by atoms with Crippen LogP contribution in [-0.4, -0.2) is 40.1 Å². The van der Waals surface area contributed by atoms with Gasteiger partial charge in [0.15, 0.2) is 6.61 Å². The Labute approximate surface area is 147 Å². The first-order valence-electron chi connectivity index (χ1n) is 8.24. The highest BCUT2D eigenvalue weighted by atomic mass is 35.5. The van der Waals surface area contributed by atoms with Crippen molar-refractivity contribution in [3.63, 3.8) is 0 Å². The van der Waals surface area contributed by atoms with Gasteiger partial charge in [-0.15, -0.1) is 0 Å². The van der Waals surface area contributed by atoms with Crippen LogP contribution in [0.2, 0.25) is 5.02 Å². The van der Waals surface area contributed by atoms with Gasteiger partial charge in [-0.1, -0.05) is 11.6 Å². The molecule has 5 nitrogen and oxygen atoms in total. The molecule has 1 aliphatic heterocycles. The van der Waals surface area contributed by atoms with Gasteiger partial charge in [0, 0.05) is 37.1 Å². The monoisotopic (exact) mass is 347 g/mol. The van der Waals surface area contributed by atoms with Gasteiger partial charge in [-0.25, -0.2) is 4.98 Å². The first-order valence-corrected chi connectivity index (χ1v) is 8.62. The van der Waals surface area contributed by atoms with Gasteiger partial charge in [0.25, 0.3) is 5.91 Å². The number of nitrogens with zero attached hydrogens (tertiary/aromatic N) is 3. The molecule has 0 N–H and O–H groups in total. The smallest absolute Gasteiger partial charge is 0.260 e. The minimum absolute atomic E-state index is 0.0414. The Morgan fingerprint density at radius 2 is 2.33 bits per heavy atom. The maximum atomic E-state index is 12.5. The zero-order valence-corrected chi connectivity index (χ0v) is 14.6. The fourth-order valence-electron chi connectivity index (χ4n) is 3.14. The van der Waals surface area contributed by atoms with Crippen molar-refractivity contribution in [1.29, 1.82) is 0 Å². The largest absolute Gasteiger partial charge is 0.483 e. The van der Waals surface area contributed by atoms with Crippen molar-refractivity contribution >= 4 is 17.5 Å². The quantitative estimate of drug-likeness (QED) is 0.834. The number of rotatable bonds is 5. The number of piperidine rings is 1. The molecule has 6 heteroatoms. The molecule has 1 fully saturated rings. The lowest BCUT2D eigenvalue weighted by Crippen LogP contribution is -2.43. The second-order valence-corrected chi connectivity index (χ2v) is 6.74. The Hall–Kier alpha value is -2.01. The van der Waals surface area contributed by atoms with Gasteiger partial charge < -0.3 is 14.2 Å². The molecule has 2 heterocycles. The van der Waals surface area contributed by atoms with Gasteiger partial charge in [-0.2, -0.15) is 0 Å². The molecule has 0 spiro atoms. The SMILES string of the molecule is Cc1cc(Cl)ccc1OCC(=O)N1CCCC(Cn2ccnc2)C1. The number of hydrogen-bond donors (Lipinski definition) is 0. The van der Waals surface area contributed by atoms with Crippen LogP contribution in [0.25, 0.3) is 0 Å². The van der Waals surface area contributed by atoms with E-state index in [4.69, 9.17) is 16.3 Å². The first kappa shape index (κ1) is 16.8. The molecule has 0 radical (unpaired) electrons. The summed E-state index contributed by atoms with van der Waals surface area (Å²) >= 11 is 5.94. The third-order valence-corrected chi connectivity index (χ3v) is 4.62. The Morgan fingerprint density at radius 3 is 3.08 bits per heavy atom. The molecule has 0 saturated carbocycles.